The van der Waals surface area contributed by atoms with Crippen LogP contribution in [-0.2, 0) is 6.42 Å². The molecule has 0 heterocycles. The van der Waals surface area contributed by atoms with Crippen LogP contribution in [0.5, 0.6) is 0 Å². The zero-order valence-electron chi connectivity index (χ0n) is 8.00. The van der Waals surface area contributed by atoms with Gasteiger partial charge in [0, 0.05) is 6.04 Å². The van der Waals surface area contributed by atoms with Gasteiger partial charge < -0.3 is 4.90 Å². The van der Waals surface area contributed by atoms with Gasteiger partial charge >= 0.3 is 0 Å². The standard InChI is InChI=1S/C11H14ClN/c1-13(2)10-7-8-5-3-4-6-9(8)11(10)12/h3-6,10-11H,7H2,1-2H3. The smallest absolute Gasteiger partial charge is 0.0746 e. The Balaban J connectivity index is 2.32. The van der Waals surface area contributed by atoms with E-state index in [1.807, 2.05) is 0 Å². The summed E-state index contributed by atoms with van der Waals surface area (Å²) in [6.07, 6.45) is 1.08. The molecular weight excluding hydrogens is 182 g/mol. The normalized spacial score (nSPS) is 26.5. The van der Waals surface area contributed by atoms with Gasteiger partial charge in [-0.2, -0.15) is 0 Å². The number of likely N-dealkylation sites (N-methyl/N-ethyl adjacent to an activating group) is 1. The predicted octanol–water partition coefficient (Wildman–Crippen LogP) is 2.45. The summed E-state index contributed by atoms with van der Waals surface area (Å²) >= 11 is 6.36. The third-order valence-corrected chi connectivity index (χ3v) is 3.31. The van der Waals surface area contributed by atoms with Crippen molar-refractivity contribution in [2.75, 3.05) is 14.1 Å². The van der Waals surface area contributed by atoms with E-state index < -0.39 is 0 Å². The van der Waals surface area contributed by atoms with Gasteiger partial charge in [0.2, 0.25) is 0 Å². The summed E-state index contributed by atoms with van der Waals surface area (Å²) in [5.74, 6) is 0. The van der Waals surface area contributed by atoms with E-state index in [2.05, 4.69) is 43.3 Å². The molecule has 1 aromatic rings. The molecule has 1 aliphatic carbocycles. The number of nitrogens with zero attached hydrogens (tertiary/aromatic N) is 1. The SMILES string of the molecule is CN(C)C1Cc2ccccc2C1Cl. The van der Waals surface area contributed by atoms with Gasteiger partial charge in [-0.25, -0.2) is 0 Å². The minimum atomic E-state index is 0.159. The lowest BCUT2D eigenvalue weighted by Gasteiger charge is -2.21. The minimum Gasteiger partial charge on any atom is -0.304 e. The van der Waals surface area contributed by atoms with Crippen LogP contribution < -0.4 is 0 Å². The third kappa shape index (κ3) is 1.47. The number of benzene rings is 1. The number of fused-ring (bicyclic) bond motifs is 1. The van der Waals surface area contributed by atoms with E-state index in [1.165, 1.54) is 11.1 Å². The average molecular weight is 196 g/mol. The van der Waals surface area contributed by atoms with Crippen molar-refractivity contribution >= 4 is 11.6 Å². The fourth-order valence-corrected chi connectivity index (χ4v) is 2.50. The Bertz CT molecular complexity index is 309. The third-order valence-electron chi connectivity index (χ3n) is 2.78. The summed E-state index contributed by atoms with van der Waals surface area (Å²) in [4.78, 5) is 2.21. The van der Waals surface area contributed by atoms with Crippen LogP contribution >= 0.6 is 11.6 Å². The highest BCUT2D eigenvalue weighted by atomic mass is 35.5. The Morgan fingerprint density at radius 1 is 1.31 bits per heavy atom. The van der Waals surface area contributed by atoms with Crippen molar-refractivity contribution in [3.05, 3.63) is 35.4 Å². The second-order valence-corrected chi connectivity index (χ2v) is 4.31. The number of halogens is 1. The highest BCUT2D eigenvalue weighted by molar-refractivity contribution is 6.21. The largest absolute Gasteiger partial charge is 0.304 e. The number of rotatable bonds is 1. The van der Waals surface area contributed by atoms with Crippen molar-refractivity contribution in [3.63, 3.8) is 0 Å². The van der Waals surface area contributed by atoms with Crippen molar-refractivity contribution in [3.8, 4) is 0 Å². The van der Waals surface area contributed by atoms with Crippen LogP contribution in [0, 0.1) is 0 Å². The molecule has 0 fully saturated rings. The average Bonchev–Trinajstić information content (AvgIpc) is 2.45. The van der Waals surface area contributed by atoms with Crippen LogP contribution in [0.2, 0.25) is 0 Å². The van der Waals surface area contributed by atoms with Gasteiger partial charge in [-0.05, 0) is 31.6 Å². The highest BCUT2D eigenvalue weighted by Gasteiger charge is 2.31. The molecule has 0 saturated heterocycles. The molecule has 2 heteroatoms. The lowest BCUT2D eigenvalue weighted by Crippen LogP contribution is -2.29. The first-order valence-corrected chi connectivity index (χ1v) is 5.02. The van der Waals surface area contributed by atoms with Gasteiger partial charge in [0.05, 0.1) is 5.38 Å². The number of hydrogen-bond acceptors (Lipinski definition) is 1. The molecule has 0 aliphatic heterocycles. The Hall–Kier alpha value is -0.530. The first-order valence-electron chi connectivity index (χ1n) is 4.58. The molecule has 70 valence electrons. The minimum absolute atomic E-state index is 0.159. The Morgan fingerprint density at radius 2 is 2.00 bits per heavy atom. The summed E-state index contributed by atoms with van der Waals surface area (Å²) in [6.45, 7) is 0. The van der Waals surface area contributed by atoms with E-state index in [1.54, 1.807) is 0 Å². The topological polar surface area (TPSA) is 3.24 Å². The Labute approximate surface area is 84.3 Å². The first-order chi connectivity index (χ1) is 6.20. The van der Waals surface area contributed by atoms with Crippen molar-refractivity contribution in [1.29, 1.82) is 0 Å². The molecule has 0 saturated carbocycles. The van der Waals surface area contributed by atoms with Gasteiger partial charge in [-0.1, -0.05) is 24.3 Å². The predicted molar refractivity (Wildman–Crippen MR) is 56.2 cm³/mol. The second-order valence-electron chi connectivity index (χ2n) is 3.84. The molecule has 0 N–H and O–H groups in total. The van der Waals surface area contributed by atoms with Crippen LogP contribution in [0.25, 0.3) is 0 Å². The fourth-order valence-electron chi connectivity index (χ4n) is 1.97. The van der Waals surface area contributed by atoms with Crippen LogP contribution in [0.4, 0.5) is 0 Å². The maximum atomic E-state index is 6.36. The quantitative estimate of drug-likeness (QED) is 0.623. The Kier molecular flexibility index (Phi) is 2.31. The highest BCUT2D eigenvalue weighted by Crippen LogP contribution is 2.37. The van der Waals surface area contributed by atoms with Crippen LogP contribution in [0.1, 0.15) is 16.5 Å². The van der Waals surface area contributed by atoms with Gasteiger partial charge in [0.1, 0.15) is 0 Å². The van der Waals surface area contributed by atoms with E-state index in [4.69, 9.17) is 11.6 Å². The fraction of sp³-hybridized carbons (Fsp3) is 0.455. The van der Waals surface area contributed by atoms with Gasteiger partial charge in [-0.15, -0.1) is 11.6 Å². The van der Waals surface area contributed by atoms with E-state index in [-0.39, 0.29) is 5.38 Å². The molecule has 1 aliphatic rings. The molecule has 2 atom stereocenters. The summed E-state index contributed by atoms with van der Waals surface area (Å²) in [5, 5.41) is 0.159. The molecule has 1 nitrogen and oxygen atoms in total. The number of hydrogen-bond donors (Lipinski definition) is 0. The van der Waals surface area contributed by atoms with Gasteiger partial charge in [-0.3, -0.25) is 0 Å². The van der Waals surface area contributed by atoms with Gasteiger partial charge in [0.25, 0.3) is 0 Å². The molecule has 0 amide bonds. The molecule has 1 aromatic carbocycles. The lowest BCUT2D eigenvalue weighted by atomic mass is 10.1. The van der Waals surface area contributed by atoms with Crippen LogP contribution in [0.3, 0.4) is 0 Å². The van der Waals surface area contributed by atoms with Crippen molar-refractivity contribution in [2.45, 2.75) is 17.8 Å². The molecule has 0 aromatic heterocycles. The molecule has 2 rings (SSSR count). The van der Waals surface area contributed by atoms with E-state index in [0.29, 0.717) is 6.04 Å². The maximum Gasteiger partial charge on any atom is 0.0746 e. The zero-order valence-corrected chi connectivity index (χ0v) is 8.75. The summed E-state index contributed by atoms with van der Waals surface area (Å²) < 4.78 is 0. The van der Waals surface area contributed by atoms with Crippen molar-refractivity contribution in [1.82, 2.24) is 4.90 Å². The van der Waals surface area contributed by atoms with Gasteiger partial charge in [0.15, 0.2) is 0 Å². The molecule has 0 radical (unpaired) electrons. The molecule has 0 bridgehead atoms. The van der Waals surface area contributed by atoms with E-state index >= 15 is 0 Å². The van der Waals surface area contributed by atoms with Crippen molar-refractivity contribution in [2.24, 2.45) is 0 Å². The first kappa shape index (κ1) is 9.04. The van der Waals surface area contributed by atoms with Crippen molar-refractivity contribution < 1.29 is 0 Å². The van der Waals surface area contributed by atoms with Crippen LogP contribution in [0.15, 0.2) is 24.3 Å². The lowest BCUT2D eigenvalue weighted by molar-refractivity contribution is 0.298. The summed E-state index contributed by atoms with van der Waals surface area (Å²) in [5.41, 5.74) is 2.71. The number of alkyl halides is 1. The van der Waals surface area contributed by atoms with E-state index in [0.717, 1.165) is 6.42 Å². The zero-order chi connectivity index (χ0) is 9.42. The molecular formula is C11H14ClN. The molecule has 0 spiro atoms. The second kappa shape index (κ2) is 3.32. The van der Waals surface area contributed by atoms with E-state index in [9.17, 15) is 0 Å². The molecule has 2 unspecified atom stereocenters. The Morgan fingerprint density at radius 3 is 2.62 bits per heavy atom. The maximum absolute atomic E-state index is 6.36. The summed E-state index contributed by atoms with van der Waals surface area (Å²) in [6, 6.07) is 8.91. The monoisotopic (exact) mass is 195 g/mol. The van der Waals surface area contributed by atoms with Crippen LogP contribution in [-0.4, -0.2) is 25.0 Å². The molecule has 13 heavy (non-hydrogen) atoms. The summed E-state index contributed by atoms with van der Waals surface area (Å²) in [7, 11) is 4.18.